The Kier molecular flexibility index (Phi) is 6.31. The van der Waals surface area contributed by atoms with Crippen molar-refractivity contribution in [3.8, 4) is 5.75 Å². The molecule has 5 nitrogen and oxygen atoms in total. The zero-order valence-corrected chi connectivity index (χ0v) is 14.4. The van der Waals surface area contributed by atoms with Gasteiger partial charge in [-0.15, -0.1) is 0 Å². The van der Waals surface area contributed by atoms with Crippen molar-refractivity contribution in [2.45, 2.75) is 13.0 Å². The summed E-state index contributed by atoms with van der Waals surface area (Å²) in [5.74, 6) is -1.41. The second-order valence-electron chi connectivity index (χ2n) is 4.85. The lowest BCUT2D eigenvalue weighted by Crippen LogP contribution is -2.29. The van der Waals surface area contributed by atoms with E-state index in [0.717, 1.165) is 0 Å². The lowest BCUT2D eigenvalue weighted by atomic mass is 10.3. The number of esters is 1. The van der Waals surface area contributed by atoms with Crippen LogP contribution < -0.4 is 10.1 Å². The second kappa shape index (κ2) is 8.44. The van der Waals surface area contributed by atoms with E-state index in [4.69, 9.17) is 9.47 Å². The van der Waals surface area contributed by atoms with Crippen molar-refractivity contribution >= 4 is 33.5 Å². The van der Waals surface area contributed by atoms with Gasteiger partial charge in [0.05, 0.1) is 5.69 Å². The first-order valence-electron chi connectivity index (χ1n) is 7.09. The Morgan fingerprint density at radius 3 is 2.58 bits per heavy atom. The Balaban J connectivity index is 1.81. The van der Waals surface area contributed by atoms with E-state index in [0.29, 0.717) is 10.2 Å². The summed E-state index contributed by atoms with van der Waals surface area (Å²) in [7, 11) is 0. The summed E-state index contributed by atoms with van der Waals surface area (Å²) in [6.45, 7) is 0.985. The number of benzene rings is 2. The molecule has 0 aliphatic carbocycles. The second-order valence-corrected chi connectivity index (χ2v) is 5.77. The topological polar surface area (TPSA) is 64.6 Å². The SMILES string of the molecule is C[C@H](Oc1ccccc1)C(=O)OCC(=O)Nc1ccc(Br)cc1F. The van der Waals surface area contributed by atoms with Crippen LogP contribution in [0.15, 0.2) is 53.0 Å². The zero-order chi connectivity index (χ0) is 17.5. The molecule has 0 aliphatic rings. The maximum absolute atomic E-state index is 13.6. The molecular formula is C17H15BrFNO4. The minimum atomic E-state index is -0.871. The number of hydrogen-bond donors (Lipinski definition) is 1. The Morgan fingerprint density at radius 1 is 1.21 bits per heavy atom. The highest BCUT2D eigenvalue weighted by molar-refractivity contribution is 9.10. The maximum Gasteiger partial charge on any atom is 0.347 e. The van der Waals surface area contributed by atoms with Crippen molar-refractivity contribution in [2.75, 3.05) is 11.9 Å². The van der Waals surface area contributed by atoms with Gasteiger partial charge in [-0.3, -0.25) is 4.79 Å². The van der Waals surface area contributed by atoms with Crippen LogP contribution in [-0.2, 0) is 14.3 Å². The third kappa shape index (κ3) is 5.34. The predicted octanol–water partition coefficient (Wildman–Crippen LogP) is 3.54. The van der Waals surface area contributed by atoms with E-state index in [9.17, 15) is 14.0 Å². The summed E-state index contributed by atoms with van der Waals surface area (Å²) in [5, 5.41) is 2.33. The van der Waals surface area contributed by atoms with Gasteiger partial charge in [-0.1, -0.05) is 34.1 Å². The Labute approximate surface area is 146 Å². The summed E-state index contributed by atoms with van der Waals surface area (Å²) < 4.78 is 24.4. The molecule has 0 spiro atoms. The Bertz CT molecular complexity index is 724. The number of anilines is 1. The number of ether oxygens (including phenoxy) is 2. The standard InChI is InChI=1S/C17H15BrFNO4/c1-11(24-13-5-3-2-4-6-13)17(22)23-10-16(21)20-15-8-7-12(18)9-14(15)19/h2-9,11H,10H2,1H3,(H,20,21)/t11-/m0/s1. The van der Waals surface area contributed by atoms with E-state index < -0.39 is 30.4 Å². The monoisotopic (exact) mass is 395 g/mol. The van der Waals surface area contributed by atoms with Crippen molar-refractivity contribution in [3.05, 3.63) is 58.8 Å². The molecule has 0 radical (unpaired) electrons. The largest absolute Gasteiger partial charge is 0.479 e. The first-order chi connectivity index (χ1) is 11.5. The summed E-state index contributed by atoms with van der Waals surface area (Å²) in [6, 6.07) is 13.0. The van der Waals surface area contributed by atoms with E-state index in [1.54, 1.807) is 30.3 Å². The molecule has 2 rings (SSSR count). The van der Waals surface area contributed by atoms with Crippen LogP contribution >= 0.6 is 15.9 Å². The molecule has 0 saturated carbocycles. The average molecular weight is 396 g/mol. The number of rotatable bonds is 6. The van der Waals surface area contributed by atoms with E-state index in [-0.39, 0.29) is 5.69 Å². The zero-order valence-electron chi connectivity index (χ0n) is 12.8. The summed E-state index contributed by atoms with van der Waals surface area (Å²) in [5.41, 5.74) is 0.00725. The maximum atomic E-state index is 13.6. The minimum absolute atomic E-state index is 0.00725. The fourth-order valence-electron chi connectivity index (χ4n) is 1.78. The fourth-order valence-corrected chi connectivity index (χ4v) is 2.12. The van der Waals surface area contributed by atoms with Crippen LogP contribution in [-0.4, -0.2) is 24.6 Å². The normalized spacial score (nSPS) is 11.5. The molecule has 126 valence electrons. The molecule has 0 heterocycles. The molecule has 24 heavy (non-hydrogen) atoms. The van der Waals surface area contributed by atoms with Crippen LogP contribution in [0.3, 0.4) is 0 Å². The van der Waals surface area contributed by atoms with E-state index in [1.165, 1.54) is 19.1 Å². The third-order valence-electron chi connectivity index (χ3n) is 2.94. The lowest BCUT2D eigenvalue weighted by molar-refractivity contribution is -0.153. The molecule has 0 aliphatic heterocycles. The average Bonchev–Trinajstić information content (AvgIpc) is 2.56. The van der Waals surface area contributed by atoms with Crippen LogP contribution in [0.2, 0.25) is 0 Å². The number of halogens is 2. The Morgan fingerprint density at radius 2 is 1.92 bits per heavy atom. The molecule has 2 aromatic rings. The number of para-hydroxylation sites is 1. The molecular weight excluding hydrogens is 381 g/mol. The molecule has 0 unspecified atom stereocenters. The molecule has 1 atom stereocenters. The summed E-state index contributed by atoms with van der Waals surface area (Å²) in [4.78, 5) is 23.5. The van der Waals surface area contributed by atoms with Crippen LogP contribution in [0.1, 0.15) is 6.92 Å². The number of carbonyl (C=O) groups is 2. The van der Waals surface area contributed by atoms with Gasteiger partial charge in [0.2, 0.25) is 0 Å². The molecule has 7 heteroatoms. The van der Waals surface area contributed by atoms with Gasteiger partial charge in [0.1, 0.15) is 11.6 Å². The van der Waals surface area contributed by atoms with Gasteiger partial charge in [-0.05, 0) is 37.3 Å². The molecule has 2 aromatic carbocycles. The molecule has 1 amide bonds. The van der Waals surface area contributed by atoms with Crippen molar-refractivity contribution < 1.29 is 23.5 Å². The van der Waals surface area contributed by atoms with E-state index in [1.807, 2.05) is 6.07 Å². The van der Waals surface area contributed by atoms with Crippen molar-refractivity contribution in [2.24, 2.45) is 0 Å². The first-order valence-corrected chi connectivity index (χ1v) is 7.88. The van der Waals surface area contributed by atoms with Gasteiger partial charge >= 0.3 is 5.97 Å². The van der Waals surface area contributed by atoms with Gasteiger partial charge < -0.3 is 14.8 Å². The van der Waals surface area contributed by atoms with Crippen LogP contribution in [0.4, 0.5) is 10.1 Å². The van der Waals surface area contributed by atoms with Gasteiger partial charge in [0.25, 0.3) is 5.91 Å². The van der Waals surface area contributed by atoms with Crippen LogP contribution in [0.25, 0.3) is 0 Å². The third-order valence-corrected chi connectivity index (χ3v) is 3.43. The van der Waals surface area contributed by atoms with Gasteiger partial charge in [-0.25, -0.2) is 9.18 Å². The highest BCUT2D eigenvalue weighted by Gasteiger charge is 2.18. The van der Waals surface area contributed by atoms with Crippen molar-refractivity contribution in [3.63, 3.8) is 0 Å². The minimum Gasteiger partial charge on any atom is -0.479 e. The van der Waals surface area contributed by atoms with E-state index in [2.05, 4.69) is 21.2 Å². The van der Waals surface area contributed by atoms with Gasteiger partial charge in [0, 0.05) is 4.47 Å². The predicted molar refractivity (Wildman–Crippen MR) is 90.2 cm³/mol. The lowest BCUT2D eigenvalue weighted by Gasteiger charge is -2.14. The highest BCUT2D eigenvalue weighted by Crippen LogP contribution is 2.19. The van der Waals surface area contributed by atoms with Crippen molar-refractivity contribution in [1.29, 1.82) is 0 Å². The fraction of sp³-hybridized carbons (Fsp3) is 0.176. The number of carbonyl (C=O) groups excluding carboxylic acids is 2. The molecule has 0 bridgehead atoms. The van der Waals surface area contributed by atoms with Gasteiger partial charge in [-0.2, -0.15) is 0 Å². The van der Waals surface area contributed by atoms with Gasteiger partial charge in [0.15, 0.2) is 12.7 Å². The highest BCUT2D eigenvalue weighted by atomic mass is 79.9. The van der Waals surface area contributed by atoms with Crippen LogP contribution in [0.5, 0.6) is 5.75 Å². The smallest absolute Gasteiger partial charge is 0.347 e. The van der Waals surface area contributed by atoms with E-state index >= 15 is 0 Å². The number of nitrogens with one attached hydrogen (secondary N) is 1. The van der Waals surface area contributed by atoms with Crippen LogP contribution in [0, 0.1) is 5.82 Å². The Hall–Kier alpha value is -2.41. The molecule has 0 aromatic heterocycles. The van der Waals surface area contributed by atoms with Crippen molar-refractivity contribution in [1.82, 2.24) is 0 Å². The quantitative estimate of drug-likeness (QED) is 0.759. The first kappa shape index (κ1) is 17.9. The summed E-state index contributed by atoms with van der Waals surface area (Å²) in [6.07, 6.45) is -0.871. The number of amides is 1. The summed E-state index contributed by atoms with van der Waals surface area (Å²) >= 11 is 3.12. The molecule has 0 fully saturated rings. The number of hydrogen-bond acceptors (Lipinski definition) is 4. The molecule has 0 saturated heterocycles. The molecule has 1 N–H and O–H groups in total.